The third-order valence-corrected chi connectivity index (χ3v) is 3.54. The van der Waals surface area contributed by atoms with Crippen molar-refractivity contribution in [2.45, 2.75) is 18.3 Å². The van der Waals surface area contributed by atoms with E-state index >= 15 is 0 Å². The molecule has 0 spiro atoms. The first-order valence-electron chi connectivity index (χ1n) is 6.28. The van der Waals surface area contributed by atoms with E-state index in [1.54, 1.807) is 0 Å². The Morgan fingerprint density at radius 2 is 1.95 bits per heavy atom. The molecule has 1 aromatic carbocycles. The van der Waals surface area contributed by atoms with Crippen LogP contribution in [-0.4, -0.2) is 35.6 Å². The second-order valence-corrected chi connectivity index (χ2v) is 4.93. The van der Waals surface area contributed by atoms with Crippen LogP contribution in [0.15, 0.2) is 24.3 Å². The van der Waals surface area contributed by atoms with Crippen LogP contribution in [0.4, 0.5) is 18.9 Å². The number of Topliss-reactive ketones (excluding diaryl/α,β-unsaturated/α-hetero) is 1. The van der Waals surface area contributed by atoms with Gasteiger partial charge in [0.25, 0.3) is 5.69 Å². The van der Waals surface area contributed by atoms with Gasteiger partial charge < -0.3 is 0 Å². The smallest absolute Gasteiger partial charge is 0.294 e. The standard InChI is InChI=1S/C12H12F3N3O3/c13-12(14,15)11(16-4-5-17-11)7-10(19)8-2-1-3-9(6-8)18(20)21/h1-3,6,16-17H,4-5,7H2/p+2. The summed E-state index contributed by atoms with van der Waals surface area (Å²) >= 11 is 0. The summed E-state index contributed by atoms with van der Waals surface area (Å²) in [5.41, 5.74) is -2.63. The van der Waals surface area contributed by atoms with Gasteiger partial charge in [-0.1, -0.05) is 12.1 Å². The van der Waals surface area contributed by atoms with E-state index in [0.717, 1.165) is 16.7 Å². The Balaban J connectivity index is 2.24. The lowest BCUT2D eigenvalue weighted by atomic mass is 9.98. The third kappa shape index (κ3) is 3.03. The fourth-order valence-corrected chi connectivity index (χ4v) is 2.40. The number of quaternary nitrogens is 2. The van der Waals surface area contributed by atoms with Gasteiger partial charge in [0.1, 0.15) is 19.5 Å². The van der Waals surface area contributed by atoms with E-state index in [2.05, 4.69) is 0 Å². The van der Waals surface area contributed by atoms with Crippen molar-refractivity contribution < 1.29 is 33.5 Å². The van der Waals surface area contributed by atoms with Crippen LogP contribution in [0, 0.1) is 10.1 Å². The van der Waals surface area contributed by atoms with Crippen molar-refractivity contribution in [2.24, 2.45) is 0 Å². The molecular formula is C12H14F3N3O3+2. The second kappa shape index (κ2) is 5.41. The predicted molar refractivity (Wildman–Crippen MR) is 64.4 cm³/mol. The number of alkyl halides is 3. The molecule has 0 amide bonds. The molecule has 1 aliphatic rings. The number of halogens is 3. The normalized spacial score (nSPS) is 17.7. The highest BCUT2D eigenvalue weighted by atomic mass is 19.4. The topological polar surface area (TPSA) is 93.4 Å². The molecule has 0 radical (unpaired) electrons. The van der Waals surface area contributed by atoms with Crippen LogP contribution in [0.3, 0.4) is 0 Å². The van der Waals surface area contributed by atoms with E-state index in [1.165, 1.54) is 18.2 Å². The number of benzene rings is 1. The fraction of sp³-hybridized carbons (Fsp3) is 0.417. The number of ketones is 1. The van der Waals surface area contributed by atoms with Crippen LogP contribution in [0.2, 0.25) is 0 Å². The highest BCUT2D eigenvalue weighted by Gasteiger charge is 2.65. The lowest BCUT2D eigenvalue weighted by molar-refractivity contribution is -0.911. The molecule has 21 heavy (non-hydrogen) atoms. The SMILES string of the molecule is O=C(CC1(C(F)(F)F)[NH2+]CC[NH2+]1)c1cccc([N+](=O)[O-])c1. The van der Waals surface area contributed by atoms with Gasteiger partial charge in [0, 0.05) is 17.7 Å². The highest BCUT2D eigenvalue weighted by Crippen LogP contribution is 2.27. The van der Waals surface area contributed by atoms with Crippen LogP contribution in [0.5, 0.6) is 0 Å². The molecule has 0 atom stereocenters. The van der Waals surface area contributed by atoms with Gasteiger partial charge in [-0.3, -0.25) is 25.5 Å². The minimum absolute atomic E-state index is 0.0819. The quantitative estimate of drug-likeness (QED) is 0.449. The molecule has 1 saturated heterocycles. The van der Waals surface area contributed by atoms with Crippen LogP contribution < -0.4 is 10.6 Å². The van der Waals surface area contributed by atoms with Gasteiger partial charge in [-0.05, 0) is 0 Å². The van der Waals surface area contributed by atoms with Crippen molar-refractivity contribution in [1.29, 1.82) is 0 Å². The zero-order valence-corrected chi connectivity index (χ0v) is 10.9. The van der Waals surface area contributed by atoms with Crippen molar-refractivity contribution in [3.63, 3.8) is 0 Å². The molecule has 0 aromatic heterocycles. The summed E-state index contributed by atoms with van der Waals surface area (Å²) in [4.78, 5) is 22.0. The van der Waals surface area contributed by atoms with Gasteiger partial charge in [0.2, 0.25) is 0 Å². The number of nitrogens with two attached hydrogens (primary N) is 2. The number of nitro groups is 1. The number of non-ortho nitro benzene ring substituents is 1. The van der Waals surface area contributed by atoms with E-state index in [9.17, 15) is 28.1 Å². The summed E-state index contributed by atoms with van der Waals surface area (Å²) in [6, 6.07) is 4.76. The maximum atomic E-state index is 13.2. The average Bonchev–Trinajstić information content (AvgIpc) is 2.88. The number of carbonyl (C=O) groups excluding carboxylic acids is 1. The summed E-state index contributed by atoms with van der Waals surface area (Å²) in [6.45, 7) is 0.531. The van der Waals surface area contributed by atoms with E-state index in [1.807, 2.05) is 0 Å². The van der Waals surface area contributed by atoms with Crippen molar-refractivity contribution in [1.82, 2.24) is 0 Å². The zero-order valence-electron chi connectivity index (χ0n) is 10.9. The summed E-state index contributed by atoms with van der Waals surface area (Å²) in [5, 5.41) is 12.8. The third-order valence-electron chi connectivity index (χ3n) is 3.54. The molecule has 1 aliphatic heterocycles. The van der Waals surface area contributed by atoms with Crippen molar-refractivity contribution >= 4 is 11.5 Å². The summed E-state index contributed by atoms with van der Waals surface area (Å²) in [7, 11) is 0. The van der Waals surface area contributed by atoms with E-state index in [0.29, 0.717) is 0 Å². The molecule has 0 saturated carbocycles. The Labute approximate surface area is 117 Å². The van der Waals surface area contributed by atoms with Gasteiger partial charge in [-0.15, -0.1) is 0 Å². The number of rotatable bonds is 4. The molecule has 4 N–H and O–H groups in total. The van der Waals surface area contributed by atoms with Gasteiger partial charge in [0.05, 0.1) is 4.92 Å². The first-order valence-corrected chi connectivity index (χ1v) is 6.28. The monoisotopic (exact) mass is 305 g/mol. The largest absolute Gasteiger partial charge is 0.503 e. The predicted octanol–water partition coefficient (Wildman–Crippen LogP) is -0.433. The highest BCUT2D eigenvalue weighted by molar-refractivity contribution is 5.97. The van der Waals surface area contributed by atoms with E-state index < -0.39 is 29.0 Å². The van der Waals surface area contributed by atoms with Crippen molar-refractivity contribution in [3.8, 4) is 0 Å². The molecule has 1 fully saturated rings. The van der Waals surface area contributed by atoms with Crippen molar-refractivity contribution in [2.75, 3.05) is 13.1 Å². The van der Waals surface area contributed by atoms with Crippen LogP contribution in [0.25, 0.3) is 0 Å². The van der Waals surface area contributed by atoms with Gasteiger partial charge in [-0.25, -0.2) is 0 Å². The Bertz CT molecular complexity index is 568. The maximum Gasteiger partial charge on any atom is 0.503 e. The lowest BCUT2D eigenvalue weighted by Crippen LogP contribution is -3.15. The lowest BCUT2D eigenvalue weighted by Gasteiger charge is -2.24. The number of hydrogen-bond donors (Lipinski definition) is 2. The molecule has 1 aromatic rings. The molecule has 1 heterocycles. The zero-order chi connectivity index (χ0) is 15.7. The molecule has 0 aliphatic carbocycles. The number of nitro benzene ring substituents is 1. The summed E-state index contributed by atoms with van der Waals surface area (Å²) in [5.74, 6) is -0.759. The number of hydrogen-bond acceptors (Lipinski definition) is 3. The number of nitrogens with zero attached hydrogens (tertiary/aromatic N) is 1. The molecule has 9 heteroatoms. The second-order valence-electron chi connectivity index (χ2n) is 4.93. The first-order chi connectivity index (χ1) is 9.75. The Hall–Kier alpha value is -2.00. The fourth-order valence-electron chi connectivity index (χ4n) is 2.40. The van der Waals surface area contributed by atoms with Gasteiger partial charge in [-0.2, -0.15) is 13.2 Å². The van der Waals surface area contributed by atoms with Gasteiger partial charge >= 0.3 is 11.8 Å². The summed E-state index contributed by atoms with van der Waals surface area (Å²) in [6.07, 6.45) is -5.29. The average molecular weight is 305 g/mol. The first kappa shape index (κ1) is 15.4. The van der Waals surface area contributed by atoms with Crippen LogP contribution in [-0.2, 0) is 0 Å². The minimum Gasteiger partial charge on any atom is -0.294 e. The van der Waals surface area contributed by atoms with Crippen LogP contribution in [0.1, 0.15) is 16.8 Å². The molecule has 2 rings (SSSR count). The maximum absolute atomic E-state index is 13.2. The van der Waals surface area contributed by atoms with Crippen LogP contribution >= 0.6 is 0 Å². The Morgan fingerprint density at radius 3 is 2.48 bits per heavy atom. The molecule has 114 valence electrons. The molecular weight excluding hydrogens is 291 g/mol. The minimum atomic E-state index is -4.54. The van der Waals surface area contributed by atoms with E-state index in [4.69, 9.17) is 0 Å². The summed E-state index contributed by atoms with van der Waals surface area (Å²) < 4.78 is 39.5. The molecule has 6 nitrogen and oxygen atoms in total. The molecule has 0 unspecified atom stereocenters. The Morgan fingerprint density at radius 1 is 1.33 bits per heavy atom. The number of carbonyl (C=O) groups is 1. The van der Waals surface area contributed by atoms with E-state index in [-0.39, 0.29) is 24.3 Å². The molecule has 0 bridgehead atoms. The van der Waals surface area contributed by atoms with Crippen molar-refractivity contribution in [3.05, 3.63) is 39.9 Å². The van der Waals surface area contributed by atoms with Gasteiger partial charge in [0.15, 0.2) is 5.78 Å². The Kier molecular flexibility index (Phi) is 3.97.